The molecule has 0 aliphatic rings. The molecule has 0 fully saturated rings. The summed E-state index contributed by atoms with van der Waals surface area (Å²) in [6.07, 6.45) is 0. The van der Waals surface area contributed by atoms with Crippen LogP contribution in [0.5, 0.6) is 5.75 Å². The molecule has 0 aliphatic heterocycles. The predicted molar refractivity (Wildman–Crippen MR) is 75.3 cm³/mol. The van der Waals surface area contributed by atoms with Gasteiger partial charge in [-0.05, 0) is 30.8 Å². The highest BCUT2D eigenvalue weighted by molar-refractivity contribution is 6.31. The first kappa shape index (κ1) is 14.8. The minimum absolute atomic E-state index is 0.208. The largest absolute Gasteiger partial charge is 0.497 e. The maximum atomic E-state index is 13.9. The van der Waals surface area contributed by atoms with Gasteiger partial charge in [-0.15, -0.1) is 0 Å². The van der Waals surface area contributed by atoms with Gasteiger partial charge in [-0.3, -0.25) is 0 Å². The fraction of sp³-hybridized carbons (Fsp3) is 0.200. The SMILES string of the molecule is CNC(c1ccc(OC)cc1Cl)c1cccc(F)c1F. The van der Waals surface area contributed by atoms with Crippen molar-refractivity contribution >= 4 is 11.6 Å². The summed E-state index contributed by atoms with van der Waals surface area (Å²) in [7, 11) is 3.20. The van der Waals surface area contributed by atoms with Crippen molar-refractivity contribution in [3.8, 4) is 5.75 Å². The average Bonchev–Trinajstić information content (AvgIpc) is 2.45. The highest BCUT2D eigenvalue weighted by Crippen LogP contribution is 2.32. The summed E-state index contributed by atoms with van der Waals surface area (Å²) in [4.78, 5) is 0. The van der Waals surface area contributed by atoms with Gasteiger partial charge in [0.15, 0.2) is 11.6 Å². The van der Waals surface area contributed by atoms with Crippen LogP contribution in [0.1, 0.15) is 17.2 Å². The topological polar surface area (TPSA) is 21.3 Å². The third kappa shape index (κ3) is 2.76. The Morgan fingerprint density at radius 2 is 1.90 bits per heavy atom. The van der Waals surface area contributed by atoms with Crippen molar-refractivity contribution in [3.63, 3.8) is 0 Å². The summed E-state index contributed by atoms with van der Waals surface area (Å²) in [5.41, 5.74) is 0.860. The van der Waals surface area contributed by atoms with Gasteiger partial charge in [0.1, 0.15) is 5.75 Å². The smallest absolute Gasteiger partial charge is 0.163 e. The lowest BCUT2D eigenvalue weighted by molar-refractivity contribution is 0.414. The van der Waals surface area contributed by atoms with Gasteiger partial charge in [-0.25, -0.2) is 8.78 Å². The van der Waals surface area contributed by atoms with Crippen LogP contribution in [0.3, 0.4) is 0 Å². The Kier molecular flexibility index (Phi) is 4.57. The molecule has 2 aromatic carbocycles. The maximum Gasteiger partial charge on any atom is 0.163 e. The second-order valence-electron chi connectivity index (χ2n) is 4.25. The fourth-order valence-electron chi connectivity index (χ4n) is 2.09. The molecule has 2 rings (SSSR count). The van der Waals surface area contributed by atoms with Gasteiger partial charge in [-0.1, -0.05) is 29.8 Å². The van der Waals surface area contributed by atoms with E-state index >= 15 is 0 Å². The zero-order valence-electron chi connectivity index (χ0n) is 11.1. The molecule has 0 aliphatic carbocycles. The highest BCUT2D eigenvalue weighted by atomic mass is 35.5. The van der Waals surface area contributed by atoms with Crippen molar-refractivity contribution in [3.05, 3.63) is 64.2 Å². The van der Waals surface area contributed by atoms with Gasteiger partial charge in [0.2, 0.25) is 0 Å². The molecule has 5 heteroatoms. The summed E-state index contributed by atoms with van der Waals surface area (Å²) in [5.74, 6) is -1.15. The Morgan fingerprint density at radius 1 is 1.15 bits per heavy atom. The van der Waals surface area contributed by atoms with E-state index in [1.165, 1.54) is 19.2 Å². The number of ether oxygens (including phenoxy) is 1. The quantitative estimate of drug-likeness (QED) is 0.923. The second kappa shape index (κ2) is 6.20. The first-order chi connectivity index (χ1) is 9.58. The van der Waals surface area contributed by atoms with Gasteiger partial charge in [0.05, 0.1) is 13.2 Å². The molecule has 0 heterocycles. The first-order valence-corrected chi connectivity index (χ1v) is 6.41. The van der Waals surface area contributed by atoms with Gasteiger partial charge >= 0.3 is 0 Å². The Hall–Kier alpha value is -1.65. The van der Waals surface area contributed by atoms with Crippen molar-refractivity contribution in [2.45, 2.75) is 6.04 Å². The summed E-state index contributed by atoms with van der Waals surface area (Å²) in [5, 5.41) is 3.37. The van der Waals surface area contributed by atoms with E-state index < -0.39 is 17.7 Å². The van der Waals surface area contributed by atoms with Gasteiger partial charge in [-0.2, -0.15) is 0 Å². The lowest BCUT2D eigenvalue weighted by Crippen LogP contribution is -2.19. The molecule has 20 heavy (non-hydrogen) atoms. The molecule has 1 unspecified atom stereocenters. The number of hydrogen-bond acceptors (Lipinski definition) is 2. The Balaban J connectivity index is 2.50. The van der Waals surface area contributed by atoms with E-state index in [0.717, 1.165) is 6.07 Å². The Bertz CT molecular complexity index is 619. The average molecular weight is 298 g/mol. The van der Waals surface area contributed by atoms with E-state index in [0.29, 0.717) is 16.3 Å². The molecule has 2 aromatic rings. The molecule has 2 nitrogen and oxygen atoms in total. The van der Waals surface area contributed by atoms with E-state index in [1.54, 1.807) is 25.2 Å². The van der Waals surface area contributed by atoms with Crippen molar-refractivity contribution < 1.29 is 13.5 Å². The lowest BCUT2D eigenvalue weighted by atomic mass is 9.98. The van der Waals surface area contributed by atoms with Crippen molar-refractivity contribution in [2.75, 3.05) is 14.2 Å². The molecule has 1 atom stereocenters. The molecule has 0 spiro atoms. The van der Waals surface area contributed by atoms with Crippen LogP contribution in [0.2, 0.25) is 5.02 Å². The summed E-state index contributed by atoms with van der Waals surface area (Å²) in [6.45, 7) is 0. The molecule has 1 N–H and O–H groups in total. The van der Waals surface area contributed by atoms with Crippen molar-refractivity contribution in [1.82, 2.24) is 5.32 Å². The van der Waals surface area contributed by atoms with E-state index in [9.17, 15) is 8.78 Å². The molecular weight excluding hydrogens is 284 g/mol. The Labute approximate surface area is 121 Å². The summed E-state index contributed by atoms with van der Waals surface area (Å²) >= 11 is 6.19. The summed E-state index contributed by atoms with van der Waals surface area (Å²) in [6, 6.07) is 8.63. The van der Waals surface area contributed by atoms with Crippen LogP contribution in [0.25, 0.3) is 0 Å². The normalized spacial score (nSPS) is 12.2. The van der Waals surface area contributed by atoms with Crippen LogP contribution in [0.15, 0.2) is 36.4 Å². The molecule has 0 saturated heterocycles. The molecule has 0 radical (unpaired) electrons. The molecule has 0 saturated carbocycles. The number of methoxy groups -OCH3 is 1. The maximum absolute atomic E-state index is 13.9. The van der Waals surface area contributed by atoms with E-state index in [1.807, 2.05) is 0 Å². The Morgan fingerprint density at radius 3 is 2.50 bits per heavy atom. The molecule has 0 bridgehead atoms. The van der Waals surface area contributed by atoms with Gasteiger partial charge in [0, 0.05) is 10.6 Å². The first-order valence-electron chi connectivity index (χ1n) is 6.03. The molecular formula is C15H14ClF2NO. The van der Waals surface area contributed by atoms with Gasteiger partial charge in [0.25, 0.3) is 0 Å². The predicted octanol–water partition coefficient (Wildman–Crippen LogP) is 3.94. The number of rotatable bonds is 4. The zero-order valence-corrected chi connectivity index (χ0v) is 11.8. The van der Waals surface area contributed by atoms with E-state index in [2.05, 4.69) is 5.32 Å². The third-order valence-electron chi connectivity index (χ3n) is 3.10. The molecule has 0 amide bonds. The zero-order chi connectivity index (χ0) is 14.7. The molecule has 106 valence electrons. The third-order valence-corrected chi connectivity index (χ3v) is 3.43. The van der Waals surface area contributed by atoms with Crippen molar-refractivity contribution in [1.29, 1.82) is 0 Å². The minimum Gasteiger partial charge on any atom is -0.497 e. The second-order valence-corrected chi connectivity index (χ2v) is 4.66. The number of nitrogens with one attached hydrogen (secondary N) is 1. The lowest BCUT2D eigenvalue weighted by Gasteiger charge is -2.19. The van der Waals surface area contributed by atoms with E-state index in [-0.39, 0.29) is 5.56 Å². The minimum atomic E-state index is -0.882. The van der Waals surface area contributed by atoms with Crippen LogP contribution in [0.4, 0.5) is 8.78 Å². The van der Waals surface area contributed by atoms with Crippen LogP contribution in [-0.4, -0.2) is 14.2 Å². The van der Waals surface area contributed by atoms with E-state index in [4.69, 9.17) is 16.3 Å². The van der Waals surface area contributed by atoms with Crippen LogP contribution in [0, 0.1) is 11.6 Å². The summed E-state index contributed by atoms with van der Waals surface area (Å²) < 4.78 is 32.3. The number of hydrogen-bond donors (Lipinski definition) is 1. The monoisotopic (exact) mass is 297 g/mol. The highest BCUT2D eigenvalue weighted by Gasteiger charge is 2.20. The fourth-order valence-corrected chi connectivity index (χ4v) is 2.37. The van der Waals surface area contributed by atoms with Crippen LogP contribution < -0.4 is 10.1 Å². The number of benzene rings is 2. The standard InChI is InChI=1S/C15H14ClF2NO/c1-19-15(11-4-3-5-13(17)14(11)18)10-7-6-9(20-2)8-12(10)16/h3-8,15,19H,1-2H3. The van der Waals surface area contributed by atoms with Crippen LogP contribution >= 0.6 is 11.6 Å². The van der Waals surface area contributed by atoms with Crippen molar-refractivity contribution in [2.24, 2.45) is 0 Å². The number of halogens is 3. The van der Waals surface area contributed by atoms with Crippen LogP contribution in [-0.2, 0) is 0 Å². The van der Waals surface area contributed by atoms with Gasteiger partial charge < -0.3 is 10.1 Å². The molecule has 0 aromatic heterocycles.